The minimum atomic E-state index is -0.0875. The second kappa shape index (κ2) is 5.25. The number of hydrogen-bond donors (Lipinski definition) is 0. The van der Waals surface area contributed by atoms with Crippen LogP contribution in [0.15, 0.2) is 18.2 Å². The van der Waals surface area contributed by atoms with Crippen molar-refractivity contribution in [1.82, 2.24) is 0 Å². The summed E-state index contributed by atoms with van der Waals surface area (Å²) in [5, 5.41) is 0. The van der Waals surface area contributed by atoms with Crippen LogP contribution in [-0.2, 0) is 0 Å². The molecule has 0 fully saturated rings. The van der Waals surface area contributed by atoms with Gasteiger partial charge in [0.05, 0.1) is 0 Å². The average molecular weight is 286 g/mol. The summed E-state index contributed by atoms with van der Waals surface area (Å²) in [5.41, 5.74) is 3.50. The summed E-state index contributed by atoms with van der Waals surface area (Å²) < 4.78 is 3.71. The van der Waals surface area contributed by atoms with Crippen molar-refractivity contribution in [2.45, 2.75) is 53.4 Å². The van der Waals surface area contributed by atoms with Crippen molar-refractivity contribution >= 4 is 21.6 Å². The Balaban J connectivity index is 2.96. The molecule has 0 unspecified atom stereocenters. The van der Waals surface area contributed by atoms with Crippen LogP contribution < -0.4 is 0 Å². The van der Waals surface area contributed by atoms with Gasteiger partial charge in [0, 0.05) is 0 Å². The average Bonchev–Trinajstić information content (AvgIpc) is 2.54. The first-order chi connectivity index (χ1) is 6.28. The molecule has 0 N–H and O–H groups in total. The molecule has 0 bridgehead atoms. The van der Waals surface area contributed by atoms with Gasteiger partial charge in [0.1, 0.15) is 0 Å². The second-order valence-corrected chi connectivity index (χ2v) is 7.10. The molecule has 0 aromatic carbocycles. The van der Waals surface area contributed by atoms with Gasteiger partial charge in [-0.05, 0) is 0 Å². The van der Waals surface area contributed by atoms with Gasteiger partial charge in [0.25, 0.3) is 0 Å². The molecule has 73 valence electrons. The Morgan fingerprint density at radius 1 is 0.692 bits per heavy atom. The van der Waals surface area contributed by atoms with E-state index >= 15 is 0 Å². The molecule has 0 saturated heterocycles. The van der Waals surface area contributed by atoms with E-state index in [1.54, 1.807) is 11.1 Å². The Labute approximate surface area is 93.0 Å². The van der Waals surface area contributed by atoms with Gasteiger partial charge in [-0.25, -0.2) is 0 Å². The zero-order valence-electron chi connectivity index (χ0n) is 9.28. The summed E-state index contributed by atoms with van der Waals surface area (Å²) in [6, 6.07) is 0. The molecule has 0 amide bonds. The van der Waals surface area contributed by atoms with E-state index in [0.717, 1.165) is 0 Å². The normalized spacial score (nSPS) is 17.5. The topological polar surface area (TPSA) is 0 Å². The maximum atomic E-state index is 2.33. The van der Waals surface area contributed by atoms with Crippen LogP contribution in [0.25, 0.3) is 0 Å². The van der Waals surface area contributed by atoms with Crippen LogP contribution in [0.1, 0.15) is 53.4 Å². The maximum absolute atomic E-state index is 2.33. The van der Waals surface area contributed by atoms with E-state index < -0.39 is 0 Å². The van der Waals surface area contributed by atoms with Gasteiger partial charge in [0.2, 0.25) is 0 Å². The molecule has 1 heterocycles. The molecule has 0 nitrogen and oxygen atoms in total. The summed E-state index contributed by atoms with van der Waals surface area (Å²) in [4.78, 5) is 0. The van der Waals surface area contributed by atoms with Crippen molar-refractivity contribution in [3.63, 3.8) is 0 Å². The second-order valence-electron chi connectivity index (χ2n) is 3.38. The van der Waals surface area contributed by atoms with E-state index in [1.807, 2.05) is 7.04 Å². The van der Waals surface area contributed by atoms with Crippen molar-refractivity contribution in [2.75, 3.05) is 0 Å². The molecule has 0 spiro atoms. The predicted molar refractivity (Wildman–Crippen MR) is 61.0 cm³/mol. The Bertz CT molecular complexity index is 220. The summed E-state index contributed by atoms with van der Waals surface area (Å²) in [7, 11) is 0. The Morgan fingerprint density at radius 3 is 1.31 bits per heavy atom. The van der Waals surface area contributed by atoms with Crippen molar-refractivity contribution < 1.29 is 0 Å². The molecular formula is C12H20Sb. The third kappa shape index (κ3) is 2.21. The molecule has 1 aliphatic rings. The number of allylic oxidation sites excluding steroid dienone is 4. The number of rotatable bonds is 4. The van der Waals surface area contributed by atoms with Gasteiger partial charge in [-0.3, -0.25) is 0 Å². The quantitative estimate of drug-likeness (QED) is 0.688. The molecule has 0 aliphatic carbocycles. The molecule has 0 atom stereocenters. The van der Waals surface area contributed by atoms with E-state index in [4.69, 9.17) is 0 Å². The number of hydrogen-bond acceptors (Lipinski definition) is 0. The van der Waals surface area contributed by atoms with Crippen LogP contribution >= 0.6 is 0 Å². The van der Waals surface area contributed by atoms with E-state index in [-0.39, 0.29) is 21.6 Å². The Kier molecular flexibility index (Phi) is 4.59. The molecule has 1 aliphatic heterocycles. The van der Waals surface area contributed by atoms with Gasteiger partial charge >= 0.3 is 93.2 Å². The fourth-order valence-electron chi connectivity index (χ4n) is 2.07. The van der Waals surface area contributed by atoms with Crippen molar-refractivity contribution in [3.05, 3.63) is 18.2 Å². The zero-order valence-corrected chi connectivity index (χ0v) is 11.8. The molecule has 0 aromatic heterocycles. The van der Waals surface area contributed by atoms with Gasteiger partial charge in [0.15, 0.2) is 0 Å². The monoisotopic (exact) mass is 285 g/mol. The van der Waals surface area contributed by atoms with Gasteiger partial charge < -0.3 is 0 Å². The Morgan fingerprint density at radius 2 is 1.08 bits per heavy atom. The van der Waals surface area contributed by atoms with Crippen LogP contribution in [0.2, 0.25) is 0 Å². The first kappa shape index (κ1) is 11.4. The van der Waals surface area contributed by atoms with E-state index in [0.29, 0.717) is 0 Å². The SMILES string of the molecule is CC[C]1=C(CC)C(CC)=[C](CC)[Sb]1. The van der Waals surface area contributed by atoms with E-state index in [1.165, 1.54) is 25.7 Å². The van der Waals surface area contributed by atoms with Gasteiger partial charge in [-0.2, -0.15) is 0 Å². The summed E-state index contributed by atoms with van der Waals surface area (Å²) >= 11 is -0.0875. The summed E-state index contributed by atoms with van der Waals surface area (Å²) in [6.45, 7) is 9.28. The van der Waals surface area contributed by atoms with Crippen LogP contribution in [0.5, 0.6) is 0 Å². The van der Waals surface area contributed by atoms with E-state index in [2.05, 4.69) is 27.7 Å². The van der Waals surface area contributed by atoms with Crippen LogP contribution in [-0.4, -0.2) is 21.6 Å². The summed E-state index contributed by atoms with van der Waals surface area (Å²) in [5.74, 6) is 0. The fraction of sp³-hybridized carbons (Fsp3) is 0.667. The van der Waals surface area contributed by atoms with Gasteiger partial charge in [-0.15, -0.1) is 0 Å². The predicted octanol–water partition coefficient (Wildman–Crippen LogP) is 3.85. The van der Waals surface area contributed by atoms with Crippen LogP contribution in [0.4, 0.5) is 0 Å². The van der Waals surface area contributed by atoms with Crippen molar-refractivity contribution in [1.29, 1.82) is 0 Å². The third-order valence-electron chi connectivity index (χ3n) is 2.71. The molecule has 0 aromatic rings. The molecule has 1 radical (unpaired) electrons. The van der Waals surface area contributed by atoms with Crippen molar-refractivity contribution in [2.24, 2.45) is 0 Å². The zero-order chi connectivity index (χ0) is 9.84. The molecular weight excluding hydrogens is 266 g/mol. The molecule has 13 heavy (non-hydrogen) atoms. The van der Waals surface area contributed by atoms with E-state index in [9.17, 15) is 0 Å². The van der Waals surface area contributed by atoms with Crippen LogP contribution in [0, 0.1) is 0 Å². The first-order valence-electron chi connectivity index (χ1n) is 5.44. The molecule has 1 rings (SSSR count). The standard InChI is InChI=1S/C12H20.Sb/c1-5-9-11(7-3)12(8-4)10-6-2;/h5-8H2,1-4H3;. The Hall–Kier alpha value is 0.298. The third-order valence-corrected chi connectivity index (χ3v) is 7.59. The molecule has 1 heteroatoms. The van der Waals surface area contributed by atoms with Crippen molar-refractivity contribution in [3.8, 4) is 0 Å². The first-order valence-corrected chi connectivity index (χ1v) is 7.99. The van der Waals surface area contributed by atoms with Crippen LogP contribution in [0.3, 0.4) is 0 Å². The van der Waals surface area contributed by atoms with Gasteiger partial charge in [-0.1, -0.05) is 0 Å². The fourth-order valence-corrected chi connectivity index (χ4v) is 6.34. The minimum absolute atomic E-state index is 0.0875. The molecule has 0 saturated carbocycles. The summed E-state index contributed by atoms with van der Waals surface area (Å²) in [6.07, 6.45) is 5.16.